The lowest BCUT2D eigenvalue weighted by Crippen LogP contribution is -2.40. The first-order valence-corrected chi connectivity index (χ1v) is 8.62. The molecule has 0 saturated heterocycles. The molecule has 2 rings (SSSR count). The molecule has 2 aromatic carbocycles. The molecule has 3 N–H and O–H groups in total. The lowest BCUT2D eigenvalue weighted by atomic mass is 9.85. The number of hydrogen-bond acceptors (Lipinski definition) is 2. The Morgan fingerprint density at radius 3 is 2.25 bits per heavy atom. The van der Waals surface area contributed by atoms with Gasteiger partial charge in [-0.3, -0.25) is 4.79 Å². The second-order valence-corrected chi connectivity index (χ2v) is 6.95. The number of rotatable bonds is 8. The Bertz CT molecular complexity index is 623. The summed E-state index contributed by atoms with van der Waals surface area (Å²) in [5, 5.41) is 3.01. The van der Waals surface area contributed by atoms with Crippen LogP contribution in [0.4, 0.5) is 0 Å². The van der Waals surface area contributed by atoms with E-state index in [2.05, 4.69) is 29.6 Å². The van der Waals surface area contributed by atoms with Crippen molar-refractivity contribution >= 4 is 5.91 Å². The van der Waals surface area contributed by atoms with Crippen molar-refractivity contribution in [2.75, 3.05) is 6.54 Å². The van der Waals surface area contributed by atoms with Gasteiger partial charge in [0, 0.05) is 18.0 Å². The van der Waals surface area contributed by atoms with Gasteiger partial charge in [0.25, 0.3) is 0 Å². The summed E-state index contributed by atoms with van der Waals surface area (Å²) in [4.78, 5) is 12.5. The molecule has 128 valence electrons. The molecule has 0 bridgehead atoms. The van der Waals surface area contributed by atoms with E-state index in [9.17, 15) is 4.79 Å². The molecule has 1 atom stereocenters. The van der Waals surface area contributed by atoms with Gasteiger partial charge in [0.05, 0.1) is 0 Å². The molecule has 1 amide bonds. The van der Waals surface area contributed by atoms with Crippen molar-refractivity contribution in [1.82, 2.24) is 5.32 Å². The number of carbonyl (C=O) groups is 1. The molecule has 0 fully saturated rings. The van der Waals surface area contributed by atoms with Gasteiger partial charge in [0.1, 0.15) is 0 Å². The van der Waals surface area contributed by atoms with Gasteiger partial charge in [-0.15, -0.1) is 0 Å². The average molecular weight is 324 g/mol. The highest BCUT2D eigenvalue weighted by molar-refractivity contribution is 5.81. The van der Waals surface area contributed by atoms with Crippen LogP contribution in [0.3, 0.4) is 0 Å². The molecule has 3 nitrogen and oxygen atoms in total. The van der Waals surface area contributed by atoms with Crippen LogP contribution in [0, 0.1) is 5.41 Å². The number of aryl methyl sites for hydroxylation is 1. The number of nitrogens with one attached hydrogen (secondary N) is 1. The minimum Gasteiger partial charge on any atom is -0.354 e. The van der Waals surface area contributed by atoms with E-state index in [1.807, 2.05) is 50.2 Å². The SMILES string of the molecule is CC(C)(CCCc1ccccc1)C(=O)NCC(N)c1ccccc1. The molecule has 1 unspecified atom stereocenters. The third-order valence-corrected chi connectivity index (χ3v) is 4.43. The fourth-order valence-electron chi connectivity index (χ4n) is 2.75. The Kier molecular flexibility index (Phi) is 6.56. The zero-order chi connectivity index (χ0) is 17.4. The summed E-state index contributed by atoms with van der Waals surface area (Å²) in [6.45, 7) is 4.47. The van der Waals surface area contributed by atoms with Crippen molar-refractivity contribution in [2.24, 2.45) is 11.1 Å². The predicted octanol–water partition coefficient (Wildman–Crippen LogP) is 3.85. The molecular weight excluding hydrogens is 296 g/mol. The quantitative estimate of drug-likeness (QED) is 0.775. The van der Waals surface area contributed by atoms with Crippen LogP contribution in [-0.2, 0) is 11.2 Å². The number of carbonyl (C=O) groups excluding carboxylic acids is 1. The van der Waals surface area contributed by atoms with E-state index >= 15 is 0 Å². The third kappa shape index (κ3) is 5.50. The van der Waals surface area contributed by atoms with Crippen molar-refractivity contribution in [3.63, 3.8) is 0 Å². The van der Waals surface area contributed by atoms with E-state index in [0.717, 1.165) is 24.8 Å². The molecular formula is C21H28N2O. The van der Waals surface area contributed by atoms with Crippen molar-refractivity contribution in [3.05, 3.63) is 71.8 Å². The van der Waals surface area contributed by atoms with Gasteiger partial charge in [-0.1, -0.05) is 74.5 Å². The lowest BCUT2D eigenvalue weighted by Gasteiger charge is -2.24. The van der Waals surface area contributed by atoms with Crippen LogP contribution in [0.1, 0.15) is 43.9 Å². The first-order valence-electron chi connectivity index (χ1n) is 8.62. The maximum Gasteiger partial charge on any atom is 0.225 e. The minimum absolute atomic E-state index is 0.0712. The smallest absolute Gasteiger partial charge is 0.225 e. The first kappa shape index (κ1) is 18.2. The van der Waals surface area contributed by atoms with E-state index in [0.29, 0.717) is 6.54 Å². The summed E-state index contributed by atoms with van der Waals surface area (Å²) in [6.07, 6.45) is 2.85. The first-order chi connectivity index (χ1) is 11.5. The zero-order valence-electron chi connectivity index (χ0n) is 14.7. The van der Waals surface area contributed by atoms with E-state index in [-0.39, 0.29) is 17.4 Å². The molecule has 0 aliphatic carbocycles. The highest BCUT2D eigenvalue weighted by Crippen LogP contribution is 2.24. The Labute approximate surface area is 145 Å². The topological polar surface area (TPSA) is 55.1 Å². The minimum atomic E-state index is -0.384. The molecule has 0 radical (unpaired) electrons. The summed E-state index contributed by atoms with van der Waals surface area (Å²) < 4.78 is 0. The standard InChI is InChI=1S/C21H28N2O/c1-21(2,15-9-12-17-10-5-3-6-11-17)20(24)23-16-19(22)18-13-7-4-8-14-18/h3-8,10-11,13-14,19H,9,12,15-16,22H2,1-2H3,(H,23,24). The molecule has 3 heteroatoms. The van der Waals surface area contributed by atoms with Crippen LogP contribution < -0.4 is 11.1 Å². The second kappa shape index (κ2) is 8.65. The largest absolute Gasteiger partial charge is 0.354 e. The maximum atomic E-state index is 12.5. The molecule has 0 spiro atoms. The third-order valence-electron chi connectivity index (χ3n) is 4.43. The van der Waals surface area contributed by atoms with E-state index in [4.69, 9.17) is 5.73 Å². The van der Waals surface area contributed by atoms with Gasteiger partial charge < -0.3 is 11.1 Å². The number of amides is 1. The Morgan fingerprint density at radius 2 is 1.62 bits per heavy atom. The van der Waals surface area contributed by atoms with Crippen molar-refractivity contribution < 1.29 is 4.79 Å². The molecule has 0 aliphatic heterocycles. The normalized spacial score (nSPS) is 12.6. The van der Waals surface area contributed by atoms with E-state index in [1.54, 1.807) is 0 Å². The lowest BCUT2D eigenvalue weighted by molar-refractivity contribution is -0.129. The molecule has 24 heavy (non-hydrogen) atoms. The molecule has 0 heterocycles. The van der Waals surface area contributed by atoms with Crippen LogP contribution in [0.25, 0.3) is 0 Å². The highest BCUT2D eigenvalue weighted by Gasteiger charge is 2.27. The van der Waals surface area contributed by atoms with Gasteiger partial charge in [-0.25, -0.2) is 0 Å². The highest BCUT2D eigenvalue weighted by atomic mass is 16.2. The summed E-state index contributed by atoms with van der Waals surface area (Å²) in [6, 6.07) is 20.1. The van der Waals surface area contributed by atoms with Gasteiger partial charge in [0.15, 0.2) is 0 Å². The van der Waals surface area contributed by atoms with Gasteiger partial charge in [-0.05, 0) is 30.4 Å². The van der Waals surface area contributed by atoms with Crippen molar-refractivity contribution in [2.45, 2.75) is 39.2 Å². The van der Waals surface area contributed by atoms with Gasteiger partial charge in [-0.2, -0.15) is 0 Å². The van der Waals surface area contributed by atoms with Gasteiger partial charge >= 0.3 is 0 Å². The monoisotopic (exact) mass is 324 g/mol. The van der Waals surface area contributed by atoms with Crippen LogP contribution >= 0.6 is 0 Å². The summed E-state index contributed by atoms with van der Waals surface area (Å²) in [5.74, 6) is 0.0712. The Morgan fingerprint density at radius 1 is 1.04 bits per heavy atom. The van der Waals surface area contributed by atoms with Crippen molar-refractivity contribution in [3.8, 4) is 0 Å². The predicted molar refractivity (Wildman–Crippen MR) is 99.5 cm³/mol. The van der Waals surface area contributed by atoms with Crippen LogP contribution in [0.5, 0.6) is 0 Å². The summed E-state index contributed by atoms with van der Waals surface area (Å²) >= 11 is 0. The molecule has 0 aliphatic rings. The molecule has 2 aromatic rings. The van der Waals surface area contributed by atoms with E-state index in [1.165, 1.54) is 5.56 Å². The Balaban J connectivity index is 1.77. The van der Waals surface area contributed by atoms with Crippen LogP contribution in [0.15, 0.2) is 60.7 Å². The summed E-state index contributed by atoms with van der Waals surface area (Å²) in [7, 11) is 0. The molecule has 0 saturated carbocycles. The fourth-order valence-corrected chi connectivity index (χ4v) is 2.75. The zero-order valence-corrected chi connectivity index (χ0v) is 14.7. The Hall–Kier alpha value is -2.13. The number of nitrogens with two attached hydrogens (primary N) is 1. The number of hydrogen-bond donors (Lipinski definition) is 2. The maximum absolute atomic E-state index is 12.5. The average Bonchev–Trinajstić information content (AvgIpc) is 2.60. The van der Waals surface area contributed by atoms with Gasteiger partial charge in [0.2, 0.25) is 5.91 Å². The summed E-state index contributed by atoms with van der Waals surface area (Å²) in [5.41, 5.74) is 8.12. The van der Waals surface area contributed by atoms with E-state index < -0.39 is 0 Å². The molecule has 0 aromatic heterocycles. The number of benzene rings is 2. The second-order valence-electron chi connectivity index (χ2n) is 6.95. The van der Waals surface area contributed by atoms with Crippen LogP contribution in [-0.4, -0.2) is 12.5 Å². The van der Waals surface area contributed by atoms with Crippen LogP contribution in [0.2, 0.25) is 0 Å². The fraction of sp³-hybridized carbons (Fsp3) is 0.381. The van der Waals surface area contributed by atoms with Crippen molar-refractivity contribution in [1.29, 1.82) is 0 Å².